The van der Waals surface area contributed by atoms with Gasteiger partial charge in [0.05, 0.1) is 5.02 Å². The van der Waals surface area contributed by atoms with Gasteiger partial charge in [-0.3, -0.25) is 0 Å². The Labute approximate surface area is 64.6 Å². The monoisotopic (exact) mass is 154 g/mol. The van der Waals surface area contributed by atoms with Crippen LogP contribution in [0.25, 0.3) is 6.08 Å². The van der Waals surface area contributed by atoms with Crippen LogP contribution in [0.5, 0.6) is 5.75 Å². The van der Waals surface area contributed by atoms with Crippen molar-refractivity contribution in [2.75, 3.05) is 0 Å². The van der Waals surface area contributed by atoms with Gasteiger partial charge in [0, 0.05) is 0 Å². The highest BCUT2D eigenvalue weighted by molar-refractivity contribution is 6.32. The number of hydrogen-bond acceptors (Lipinski definition) is 1. The number of halogens is 1. The first-order valence-electron chi connectivity index (χ1n) is 2.85. The van der Waals surface area contributed by atoms with Gasteiger partial charge in [-0.1, -0.05) is 30.3 Å². The first kappa shape index (κ1) is 7.16. The van der Waals surface area contributed by atoms with Crippen LogP contribution in [0.4, 0.5) is 0 Å². The summed E-state index contributed by atoms with van der Waals surface area (Å²) in [6.07, 6.45) is 1.67. The van der Waals surface area contributed by atoms with Crippen LogP contribution in [-0.2, 0) is 0 Å². The second-order valence-electron chi connectivity index (χ2n) is 1.91. The van der Waals surface area contributed by atoms with E-state index in [0.29, 0.717) is 5.02 Å². The molecule has 0 aliphatic heterocycles. The third-order valence-electron chi connectivity index (χ3n) is 1.21. The third-order valence-corrected chi connectivity index (χ3v) is 1.51. The summed E-state index contributed by atoms with van der Waals surface area (Å²) in [7, 11) is 0. The van der Waals surface area contributed by atoms with E-state index >= 15 is 0 Å². The van der Waals surface area contributed by atoms with Gasteiger partial charge in [0.15, 0.2) is 0 Å². The van der Waals surface area contributed by atoms with Gasteiger partial charge in [-0.05, 0) is 17.7 Å². The number of rotatable bonds is 1. The number of phenols is 1. The molecule has 0 aromatic heterocycles. The van der Waals surface area contributed by atoms with Crippen LogP contribution in [0.3, 0.4) is 0 Å². The lowest BCUT2D eigenvalue weighted by atomic mass is 10.2. The maximum Gasteiger partial charge on any atom is 0.134 e. The molecular weight excluding hydrogens is 148 g/mol. The van der Waals surface area contributed by atoms with Crippen molar-refractivity contribution in [3.63, 3.8) is 0 Å². The molecular formula is C8H7ClO. The van der Waals surface area contributed by atoms with E-state index in [2.05, 4.69) is 6.58 Å². The fraction of sp³-hybridized carbons (Fsp3) is 0. The largest absolute Gasteiger partial charge is 0.506 e. The molecule has 1 rings (SSSR count). The van der Waals surface area contributed by atoms with Crippen molar-refractivity contribution in [1.82, 2.24) is 0 Å². The molecule has 0 heterocycles. The average molecular weight is 155 g/mol. The Hall–Kier alpha value is -0.950. The summed E-state index contributed by atoms with van der Waals surface area (Å²) in [6, 6.07) is 4.94. The van der Waals surface area contributed by atoms with Crippen LogP contribution in [0, 0.1) is 0 Å². The Kier molecular flexibility index (Phi) is 1.97. The fourth-order valence-corrected chi connectivity index (χ4v) is 0.839. The van der Waals surface area contributed by atoms with E-state index in [1.807, 2.05) is 0 Å². The molecule has 0 aliphatic rings. The van der Waals surface area contributed by atoms with Gasteiger partial charge >= 0.3 is 0 Å². The van der Waals surface area contributed by atoms with Gasteiger partial charge in [-0.2, -0.15) is 0 Å². The summed E-state index contributed by atoms with van der Waals surface area (Å²) in [6.45, 7) is 3.56. The molecule has 10 heavy (non-hydrogen) atoms. The van der Waals surface area contributed by atoms with Gasteiger partial charge in [-0.15, -0.1) is 0 Å². The van der Waals surface area contributed by atoms with E-state index in [0.717, 1.165) is 5.56 Å². The predicted octanol–water partition coefficient (Wildman–Crippen LogP) is 2.69. The van der Waals surface area contributed by atoms with Gasteiger partial charge < -0.3 is 5.11 Å². The zero-order valence-electron chi connectivity index (χ0n) is 5.34. The molecule has 0 amide bonds. The minimum absolute atomic E-state index is 0.104. The summed E-state index contributed by atoms with van der Waals surface area (Å²) < 4.78 is 0. The molecule has 0 atom stereocenters. The maximum absolute atomic E-state index is 8.97. The van der Waals surface area contributed by atoms with Gasteiger partial charge in [0.2, 0.25) is 0 Å². The minimum atomic E-state index is 0.104. The second-order valence-corrected chi connectivity index (χ2v) is 2.32. The lowest BCUT2D eigenvalue weighted by Crippen LogP contribution is -1.71. The molecule has 0 radical (unpaired) electrons. The summed E-state index contributed by atoms with van der Waals surface area (Å²) in [5, 5.41) is 9.33. The van der Waals surface area contributed by atoms with Gasteiger partial charge in [-0.25, -0.2) is 0 Å². The standard InChI is InChI=1S/C8H7ClO/c1-2-6-3-4-8(10)7(9)5-6/h2-5,10H,1H2. The normalized spacial score (nSPS) is 9.30. The van der Waals surface area contributed by atoms with Gasteiger partial charge in [0.1, 0.15) is 5.75 Å². The van der Waals surface area contributed by atoms with Crippen molar-refractivity contribution in [1.29, 1.82) is 0 Å². The van der Waals surface area contributed by atoms with Crippen molar-refractivity contribution < 1.29 is 5.11 Å². The fourth-order valence-electron chi connectivity index (χ4n) is 0.650. The second kappa shape index (κ2) is 2.76. The topological polar surface area (TPSA) is 20.2 Å². The average Bonchev–Trinajstić information content (AvgIpc) is 1.95. The Bertz CT molecular complexity index is 255. The van der Waals surface area contributed by atoms with Crippen LogP contribution in [-0.4, -0.2) is 5.11 Å². The molecule has 0 unspecified atom stereocenters. The smallest absolute Gasteiger partial charge is 0.134 e. The van der Waals surface area contributed by atoms with Gasteiger partial charge in [0.25, 0.3) is 0 Å². The third kappa shape index (κ3) is 1.31. The van der Waals surface area contributed by atoms with Crippen LogP contribution in [0.15, 0.2) is 24.8 Å². The summed E-state index contributed by atoms with van der Waals surface area (Å²) in [5.41, 5.74) is 0.905. The van der Waals surface area contributed by atoms with Crippen LogP contribution in [0.2, 0.25) is 5.02 Å². The summed E-state index contributed by atoms with van der Waals surface area (Å²) >= 11 is 5.59. The summed E-state index contributed by atoms with van der Waals surface area (Å²) in [5.74, 6) is 0.104. The van der Waals surface area contributed by atoms with E-state index in [1.54, 1.807) is 24.3 Å². The Balaban J connectivity index is 3.16. The highest BCUT2D eigenvalue weighted by atomic mass is 35.5. The van der Waals surface area contributed by atoms with E-state index in [4.69, 9.17) is 16.7 Å². The minimum Gasteiger partial charge on any atom is -0.506 e. The van der Waals surface area contributed by atoms with Crippen LogP contribution >= 0.6 is 11.6 Å². The highest BCUT2D eigenvalue weighted by Gasteiger charge is 1.95. The van der Waals surface area contributed by atoms with Crippen molar-refractivity contribution in [3.8, 4) is 5.75 Å². The van der Waals surface area contributed by atoms with E-state index in [-0.39, 0.29) is 5.75 Å². The molecule has 1 N–H and O–H groups in total. The molecule has 0 aliphatic carbocycles. The zero-order valence-corrected chi connectivity index (χ0v) is 6.10. The first-order valence-corrected chi connectivity index (χ1v) is 3.23. The van der Waals surface area contributed by atoms with E-state index < -0.39 is 0 Å². The molecule has 2 heteroatoms. The number of hydrogen-bond donors (Lipinski definition) is 1. The molecule has 0 fully saturated rings. The van der Waals surface area contributed by atoms with E-state index in [1.165, 1.54) is 0 Å². The lowest BCUT2D eigenvalue weighted by molar-refractivity contribution is 0.475. The SMILES string of the molecule is C=Cc1ccc(O)c(Cl)c1. The van der Waals surface area contributed by atoms with Crippen molar-refractivity contribution in [2.45, 2.75) is 0 Å². The van der Waals surface area contributed by atoms with Crippen molar-refractivity contribution in [3.05, 3.63) is 35.4 Å². The summed E-state index contributed by atoms with van der Waals surface area (Å²) in [4.78, 5) is 0. The Morgan fingerprint density at radius 3 is 2.70 bits per heavy atom. The maximum atomic E-state index is 8.97. The highest BCUT2D eigenvalue weighted by Crippen LogP contribution is 2.23. The Morgan fingerprint density at radius 2 is 2.20 bits per heavy atom. The molecule has 0 saturated carbocycles. The molecule has 0 bridgehead atoms. The molecule has 0 spiro atoms. The van der Waals surface area contributed by atoms with Crippen LogP contribution in [0.1, 0.15) is 5.56 Å². The lowest BCUT2D eigenvalue weighted by Gasteiger charge is -1.96. The van der Waals surface area contributed by atoms with Crippen molar-refractivity contribution >= 4 is 17.7 Å². The number of aromatic hydroxyl groups is 1. The molecule has 0 saturated heterocycles. The first-order chi connectivity index (χ1) is 4.74. The zero-order chi connectivity index (χ0) is 7.56. The molecule has 52 valence electrons. The van der Waals surface area contributed by atoms with E-state index in [9.17, 15) is 0 Å². The molecule has 1 nitrogen and oxygen atoms in total. The quantitative estimate of drug-likeness (QED) is 0.660. The molecule has 1 aromatic carbocycles. The number of phenolic OH excluding ortho intramolecular Hbond substituents is 1. The van der Waals surface area contributed by atoms with Crippen molar-refractivity contribution in [2.24, 2.45) is 0 Å². The Morgan fingerprint density at radius 1 is 1.50 bits per heavy atom. The molecule has 1 aromatic rings. The van der Waals surface area contributed by atoms with Crippen LogP contribution < -0.4 is 0 Å². The number of benzene rings is 1. The predicted molar refractivity (Wildman–Crippen MR) is 43.2 cm³/mol.